The van der Waals surface area contributed by atoms with Crippen LogP contribution in [0.5, 0.6) is 0 Å². The van der Waals surface area contributed by atoms with E-state index in [1.54, 1.807) is 13.1 Å². The molecule has 0 radical (unpaired) electrons. The number of nitrogens with zero attached hydrogens (tertiary/aromatic N) is 1. The maximum absolute atomic E-state index is 10.6. The van der Waals surface area contributed by atoms with Gasteiger partial charge in [0.1, 0.15) is 0 Å². The summed E-state index contributed by atoms with van der Waals surface area (Å²) in [6, 6.07) is 0. The van der Waals surface area contributed by atoms with E-state index >= 15 is 0 Å². The zero-order valence-electron chi connectivity index (χ0n) is 5.75. The van der Waals surface area contributed by atoms with E-state index in [4.69, 9.17) is 22.5 Å². The molecule has 0 aliphatic carbocycles. The SMILES string of the molecule is CC=[N+](CC)OP(=O)(Cl)Cl. The van der Waals surface area contributed by atoms with E-state index in [0.29, 0.717) is 6.54 Å². The molecule has 3 nitrogen and oxygen atoms in total. The minimum Gasteiger partial charge on any atom is -0.235 e. The summed E-state index contributed by atoms with van der Waals surface area (Å²) in [5.74, 6) is 0. The Balaban J connectivity index is 4.02. The number of hydroxylamine groups is 1. The Morgan fingerprint density at radius 2 is 2.20 bits per heavy atom. The largest absolute Gasteiger partial charge is 0.490 e. The van der Waals surface area contributed by atoms with Gasteiger partial charge in [0.25, 0.3) is 0 Å². The van der Waals surface area contributed by atoms with Crippen molar-refractivity contribution in [2.45, 2.75) is 13.8 Å². The van der Waals surface area contributed by atoms with Crippen molar-refractivity contribution in [1.82, 2.24) is 0 Å². The maximum atomic E-state index is 10.6. The molecule has 0 saturated carbocycles. The van der Waals surface area contributed by atoms with Gasteiger partial charge in [0.05, 0.1) is 0 Å². The van der Waals surface area contributed by atoms with Crippen LogP contribution in [0.1, 0.15) is 13.8 Å². The molecule has 0 unspecified atom stereocenters. The summed E-state index contributed by atoms with van der Waals surface area (Å²) in [7, 11) is 0. The molecule has 0 aromatic heterocycles. The number of hydrogen-bond acceptors (Lipinski definition) is 2. The summed E-state index contributed by atoms with van der Waals surface area (Å²) in [5.41, 5.74) is 0. The summed E-state index contributed by atoms with van der Waals surface area (Å²) >= 11 is 10.2. The second kappa shape index (κ2) is 4.22. The van der Waals surface area contributed by atoms with Crippen molar-refractivity contribution in [3.8, 4) is 0 Å². The first-order chi connectivity index (χ1) is 4.49. The van der Waals surface area contributed by atoms with Crippen molar-refractivity contribution in [3.63, 3.8) is 0 Å². The van der Waals surface area contributed by atoms with Gasteiger partial charge >= 0.3 is 6.07 Å². The fourth-order valence-electron chi connectivity index (χ4n) is 0.410. The Kier molecular flexibility index (Phi) is 4.34. The van der Waals surface area contributed by atoms with Crippen LogP contribution < -0.4 is 0 Å². The normalized spacial score (nSPS) is 13.4. The first kappa shape index (κ1) is 10.3. The van der Waals surface area contributed by atoms with Gasteiger partial charge in [0.15, 0.2) is 12.8 Å². The molecule has 10 heavy (non-hydrogen) atoms. The third-order valence-corrected chi connectivity index (χ3v) is 1.57. The van der Waals surface area contributed by atoms with Crippen molar-refractivity contribution in [1.29, 1.82) is 0 Å². The Hall–Kier alpha value is 0.280. The standard InChI is InChI=1S/C4H9Cl2NO2P/c1-3-7(4-2)9-10(5,6)8/h3H,4H2,1-2H3/q+1. The smallest absolute Gasteiger partial charge is 0.235 e. The van der Waals surface area contributed by atoms with Crippen LogP contribution >= 0.6 is 28.6 Å². The topological polar surface area (TPSA) is 29.3 Å². The monoisotopic (exact) mass is 204 g/mol. The van der Waals surface area contributed by atoms with E-state index in [1.807, 2.05) is 6.92 Å². The van der Waals surface area contributed by atoms with Crippen molar-refractivity contribution in [2.24, 2.45) is 0 Å². The minimum atomic E-state index is -3.42. The van der Waals surface area contributed by atoms with Crippen LogP contribution in [-0.4, -0.2) is 17.5 Å². The van der Waals surface area contributed by atoms with Gasteiger partial charge in [-0.1, -0.05) is 0 Å². The van der Waals surface area contributed by atoms with Gasteiger partial charge in [-0.2, -0.15) is 4.62 Å². The molecule has 0 aromatic carbocycles. The van der Waals surface area contributed by atoms with Crippen molar-refractivity contribution in [3.05, 3.63) is 0 Å². The molecule has 0 saturated heterocycles. The summed E-state index contributed by atoms with van der Waals surface area (Å²) in [4.78, 5) is 0. The molecule has 0 amide bonds. The molecular formula is C4H9Cl2NO2P+. The third-order valence-electron chi connectivity index (χ3n) is 0.800. The van der Waals surface area contributed by atoms with Gasteiger partial charge in [-0.3, -0.25) is 0 Å². The summed E-state index contributed by atoms with van der Waals surface area (Å²) in [5, 5.41) is 0. The lowest BCUT2D eigenvalue weighted by Gasteiger charge is -1.98. The maximum Gasteiger partial charge on any atom is 0.490 e. The van der Waals surface area contributed by atoms with Gasteiger partial charge < -0.3 is 0 Å². The summed E-state index contributed by atoms with van der Waals surface area (Å²) in [6.07, 6.45) is -1.82. The van der Waals surface area contributed by atoms with E-state index in [0.717, 1.165) is 0 Å². The summed E-state index contributed by atoms with van der Waals surface area (Å²) < 4.78 is 16.5. The average molecular weight is 205 g/mol. The molecule has 0 rings (SSSR count). The van der Waals surface area contributed by atoms with Gasteiger partial charge in [0.2, 0.25) is 0 Å². The van der Waals surface area contributed by atoms with Crippen LogP contribution in [0.15, 0.2) is 0 Å². The zero-order valence-corrected chi connectivity index (χ0v) is 8.16. The fraction of sp³-hybridized carbons (Fsp3) is 0.750. The quantitative estimate of drug-likeness (QED) is 0.306. The van der Waals surface area contributed by atoms with E-state index in [9.17, 15) is 4.57 Å². The highest BCUT2D eigenvalue weighted by molar-refractivity contribution is 8.05. The zero-order chi connectivity index (χ0) is 8.20. The lowest BCUT2D eigenvalue weighted by Crippen LogP contribution is -2.08. The Labute approximate surface area is 69.6 Å². The molecule has 0 N–H and O–H groups in total. The van der Waals surface area contributed by atoms with Crippen LogP contribution in [-0.2, 0) is 9.19 Å². The van der Waals surface area contributed by atoms with Crippen molar-refractivity contribution < 1.29 is 13.9 Å². The lowest BCUT2D eigenvalue weighted by atomic mass is 10.7. The van der Waals surface area contributed by atoms with E-state index < -0.39 is 6.07 Å². The molecule has 0 heterocycles. The third kappa shape index (κ3) is 5.10. The van der Waals surface area contributed by atoms with Crippen molar-refractivity contribution in [2.75, 3.05) is 6.54 Å². The van der Waals surface area contributed by atoms with E-state index in [2.05, 4.69) is 4.62 Å². The van der Waals surface area contributed by atoms with Gasteiger partial charge in [-0.15, -0.1) is 0 Å². The second-order valence-electron chi connectivity index (χ2n) is 1.49. The first-order valence-corrected chi connectivity index (χ1v) is 6.18. The average Bonchev–Trinajstić information content (AvgIpc) is 1.81. The fourth-order valence-corrected chi connectivity index (χ4v) is 1.34. The predicted octanol–water partition coefficient (Wildman–Crippen LogP) is 2.63. The molecule has 0 atom stereocenters. The van der Waals surface area contributed by atoms with E-state index in [1.165, 1.54) is 4.74 Å². The van der Waals surface area contributed by atoms with Crippen LogP contribution in [0.3, 0.4) is 0 Å². The molecule has 0 bridgehead atoms. The number of hydrogen-bond donors (Lipinski definition) is 0. The molecule has 0 aliphatic rings. The lowest BCUT2D eigenvalue weighted by molar-refractivity contribution is -0.739. The van der Waals surface area contributed by atoms with Gasteiger partial charge in [-0.25, -0.2) is 4.57 Å². The van der Waals surface area contributed by atoms with Gasteiger partial charge in [0, 0.05) is 29.4 Å². The first-order valence-electron chi connectivity index (χ1n) is 2.74. The Morgan fingerprint density at radius 1 is 1.70 bits per heavy atom. The minimum absolute atomic E-state index is 0.555. The number of rotatable bonds is 3. The second-order valence-corrected chi connectivity index (χ2v) is 5.67. The van der Waals surface area contributed by atoms with Gasteiger partial charge in [-0.05, 0) is 11.7 Å². The molecule has 0 fully saturated rings. The molecule has 0 aliphatic heterocycles. The highest BCUT2D eigenvalue weighted by Gasteiger charge is 2.22. The molecule has 0 spiro atoms. The highest BCUT2D eigenvalue weighted by atomic mass is 35.9. The Morgan fingerprint density at radius 3 is 2.30 bits per heavy atom. The Bertz CT molecular complexity index is 176. The molecule has 0 aromatic rings. The molecule has 60 valence electrons. The molecular weight excluding hydrogens is 196 g/mol. The highest BCUT2D eigenvalue weighted by Crippen LogP contribution is 2.57. The van der Waals surface area contributed by atoms with Crippen molar-refractivity contribution >= 4 is 34.8 Å². The van der Waals surface area contributed by atoms with Crippen LogP contribution in [0, 0.1) is 0 Å². The molecule has 6 heteroatoms. The van der Waals surface area contributed by atoms with Crippen LogP contribution in [0.25, 0.3) is 0 Å². The van der Waals surface area contributed by atoms with Crippen LogP contribution in [0.4, 0.5) is 0 Å². The van der Waals surface area contributed by atoms with Crippen LogP contribution in [0.2, 0.25) is 0 Å². The predicted molar refractivity (Wildman–Crippen MR) is 42.9 cm³/mol. The number of halogens is 2. The summed E-state index contributed by atoms with van der Waals surface area (Å²) in [6.45, 7) is 4.11. The van der Waals surface area contributed by atoms with E-state index in [-0.39, 0.29) is 0 Å².